The molecule has 0 saturated carbocycles. The summed E-state index contributed by atoms with van der Waals surface area (Å²) < 4.78 is 35.5. The average Bonchev–Trinajstić information content (AvgIpc) is 3.15. The van der Waals surface area contributed by atoms with E-state index in [1.54, 1.807) is 38.1 Å². The quantitative estimate of drug-likeness (QED) is 0.487. The highest BCUT2D eigenvalue weighted by atomic mass is 35.5. The zero-order valence-electron chi connectivity index (χ0n) is 16.2. The highest BCUT2D eigenvalue weighted by molar-refractivity contribution is 7.92. The number of rotatable bonds is 6. The molecule has 0 aliphatic carbocycles. The van der Waals surface area contributed by atoms with E-state index in [0.29, 0.717) is 11.4 Å². The van der Waals surface area contributed by atoms with Crippen molar-refractivity contribution in [3.63, 3.8) is 0 Å². The molecule has 0 spiro atoms. The first-order valence-electron chi connectivity index (χ1n) is 9.02. The monoisotopic (exact) mass is 443 g/mol. The second kappa shape index (κ2) is 7.92. The first-order valence-corrected chi connectivity index (χ1v) is 10.9. The lowest BCUT2D eigenvalue weighted by Crippen LogP contribution is -2.16. The fourth-order valence-corrected chi connectivity index (χ4v) is 4.13. The van der Waals surface area contributed by atoms with E-state index in [-0.39, 0.29) is 23.1 Å². The molecule has 2 aromatic carbocycles. The summed E-state index contributed by atoms with van der Waals surface area (Å²) in [6, 6.07) is 16.2. The van der Waals surface area contributed by atoms with Crippen molar-refractivity contribution in [3.05, 3.63) is 76.6 Å². The number of nitrogens with zero attached hydrogens (tertiary/aromatic N) is 4. The number of para-hydroxylation sites is 1. The summed E-state index contributed by atoms with van der Waals surface area (Å²) >= 11 is 6.26. The lowest BCUT2D eigenvalue weighted by atomic mass is 10.2. The van der Waals surface area contributed by atoms with Gasteiger partial charge in [-0.05, 0) is 37.6 Å². The van der Waals surface area contributed by atoms with Gasteiger partial charge in [-0.1, -0.05) is 48.0 Å². The van der Waals surface area contributed by atoms with Crippen LogP contribution >= 0.6 is 11.6 Å². The molecule has 30 heavy (non-hydrogen) atoms. The van der Waals surface area contributed by atoms with Gasteiger partial charge in [-0.3, -0.25) is 4.72 Å². The maximum Gasteiger partial charge on any atom is 0.299 e. The first kappa shape index (κ1) is 20.1. The summed E-state index contributed by atoms with van der Waals surface area (Å²) in [7, 11) is -4.13. The molecule has 4 aromatic rings. The Bertz CT molecular complexity index is 1320. The first-order chi connectivity index (χ1) is 14.3. The van der Waals surface area contributed by atoms with Gasteiger partial charge >= 0.3 is 0 Å². The maximum absolute atomic E-state index is 13.0. The van der Waals surface area contributed by atoms with E-state index in [2.05, 4.69) is 19.8 Å². The number of sulfonamides is 1. The smallest absolute Gasteiger partial charge is 0.299 e. The third-order valence-electron chi connectivity index (χ3n) is 4.29. The van der Waals surface area contributed by atoms with Crippen LogP contribution in [0.3, 0.4) is 0 Å². The normalized spacial score (nSPS) is 11.6. The summed E-state index contributed by atoms with van der Waals surface area (Å²) in [5, 5.41) is 3.87. The molecule has 0 aliphatic heterocycles. The third kappa shape index (κ3) is 4.07. The molecule has 4 rings (SSSR count). The third-order valence-corrected chi connectivity index (χ3v) is 5.73. The molecule has 8 nitrogen and oxygen atoms in total. The molecule has 2 aromatic heterocycles. The van der Waals surface area contributed by atoms with Crippen LogP contribution in [0.5, 0.6) is 5.75 Å². The highest BCUT2D eigenvalue weighted by Gasteiger charge is 2.24. The largest absolute Gasteiger partial charge is 0.487 e. The van der Waals surface area contributed by atoms with Crippen LogP contribution in [0.15, 0.2) is 59.8 Å². The Hall–Kier alpha value is -3.17. The van der Waals surface area contributed by atoms with Crippen LogP contribution in [0.2, 0.25) is 5.02 Å². The van der Waals surface area contributed by atoms with Gasteiger partial charge in [0.25, 0.3) is 21.0 Å². The summed E-state index contributed by atoms with van der Waals surface area (Å²) in [6.45, 7) is 3.85. The zero-order valence-corrected chi connectivity index (χ0v) is 17.8. The Balaban J connectivity index is 1.65. The molecule has 0 amide bonds. The Morgan fingerprint density at radius 3 is 2.60 bits per heavy atom. The Labute approximate surface area is 178 Å². The van der Waals surface area contributed by atoms with Crippen molar-refractivity contribution in [1.82, 2.24) is 19.6 Å². The molecular formula is C20H18ClN5O3S. The lowest BCUT2D eigenvalue weighted by Gasteiger charge is -2.14. The molecule has 0 fully saturated rings. The zero-order chi connectivity index (χ0) is 21.3. The number of anilines is 1. The van der Waals surface area contributed by atoms with E-state index in [1.807, 2.05) is 30.3 Å². The van der Waals surface area contributed by atoms with Crippen LogP contribution in [0.25, 0.3) is 5.78 Å². The fraction of sp³-hybridized carbons (Fsp3) is 0.150. The Kier molecular flexibility index (Phi) is 5.31. The summed E-state index contributed by atoms with van der Waals surface area (Å²) in [5.41, 5.74) is 2.49. The number of hydrogen-bond acceptors (Lipinski definition) is 6. The van der Waals surface area contributed by atoms with E-state index >= 15 is 0 Å². The van der Waals surface area contributed by atoms with Gasteiger partial charge in [0, 0.05) is 11.4 Å². The minimum Gasteiger partial charge on any atom is -0.487 e. The number of aryl methyl sites for hydroxylation is 2. The molecular weight excluding hydrogens is 426 g/mol. The average molecular weight is 444 g/mol. The van der Waals surface area contributed by atoms with Gasteiger partial charge in [-0.25, -0.2) is 9.50 Å². The van der Waals surface area contributed by atoms with Crippen LogP contribution in [0, 0.1) is 13.8 Å². The fourth-order valence-electron chi connectivity index (χ4n) is 2.90. The van der Waals surface area contributed by atoms with Crippen LogP contribution in [0.1, 0.15) is 17.0 Å². The summed E-state index contributed by atoms with van der Waals surface area (Å²) in [6.07, 6.45) is 0. The van der Waals surface area contributed by atoms with Gasteiger partial charge in [0.05, 0.1) is 5.02 Å². The van der Waals surface area contributed by atoms with Crippen molar-refractivity contribution in [2.75, 3.05) is 4.72 Å². The van der Waals surface area contributed by atoms with Crippen LogP contribution in [0.4, 0.5) is 5.69 Å². The number of fused-ring (bicyclic) bond motifs is 1. The number of hydrogen-bond donors (Lipinski definition) is 1. The minimum atomic E-state index is -4.13. The molecule has 1 N–H and O–H groups in total. The lowest BCUT2D eigenvalue weighted by molar-refractivity contribution is 0.308. The van der Waals surface area contributed by atoms with Crippen molar-refractivity contribution in [2.24, 2.45) is 0 Å². The van der Waals surface area contributed by atoms with E-state index in [1.165, 1.54) is 4.52 Å². The molecule has 154 valence electrons. The Morgan fingerprint density at radius 1 is 1.07 bits per heavy atom. The number of aromatic nitrogens is 4. The standard InChI is InChI=1S/C20H18ClN5O3S/c1-13-11-14(2)26-19(22-13)23-20(24-26)30(27,28)25-18-16(21)9-6-10-17(18)29-12-15-7-4-3-5-8-15/h3-11,25H,12H2,1-2H3. The molecule has 0 unspecified atom stereocenters. The number of halogens is 1. The SMILES string of the molecule is Cc1cc(C)n2nc(S(=O)(=O)Nc3c(Cl)cccc3OCc3ccccc3)nc2n1. The van der Waals surface area contributed by atoms with Gasteiger partial charge in [-0.2, -0.15) is 13.4 Å². The van der Waals surface area contributed by atoms with Crippen molar-refractivity contribution < 1.29 is 13.2 Å². The molecule has 10 heteroatoms. The number of ether oxygens (including phenoxy) is 1. The molecule has 2 heterocycles. The maximum atomic E-state index is 13.0. The van der Waals surface area contributed by atoms with Crippen LogP contribution in [-0.4, -0.2) is 28.0 Å². The molecule has 0 atom stereocenters. The van der Waals surface area contributed by atoms with Crippen LogP contribution in [-0.2, 0) is 16.6 Å². The van der Waals surface area contributed by atoms with E-state index in [0.717, 1.165) is 11.3 Å². The molecule has 0 saturated heterocycles. The van der Waals surface area contributed by atoms with E-state index in [4.69, 9.17) is 16.3 Å². The van der Waals surface area contributed by atoms with Gasteiger partial charge < -0.3 is 4.74 Å². The van der Waals surface area contributed by atoms with Crippen molar-refractivity contribution >= 4 is 33.1 Å². The molecule has 0 aliphatic rings. The molecule has 0 bridgehead atoms. The van der Waals surface area contributed by atoms with Crippen molar-refractivity contribution in [1.29, 1.82) is 0 Å². The summed E-state index contributed by atoms with van der Waals surface area (Å²) in [5.74, 6) is 0.497. The van der Waals surface area contributed by atoms with E-state index < -0.39 is 15.2 Å². The van der Waals surface area contributed by atoms with Gasteiger partial charge in [0.2, 0.25) is 0 Å². The van der Waals surface area contributed by atoms with Gasteiger partial charge in [-0.15, -0.1) is 5.10 Å². The summed E-state index contributed by atoms with van der Waals surface area (Å²) in [4.78, 5) is 8.28. The van der Waals surface area contributed by atoms with E-state index in [9.17, 15) is 8.42 Å². The second-order valence-corrected chi connectivity index (χ2v) is 8.62. The van der Waals surface area contributed by atoms with Gasteiger partial charge in [0.15, 0.2) is 0 Å². The Morgan fingerprint density at radius 2 is 1.83 bits per heavy atom. The van der Waals surface area contributed by atoms with Crippen molar-refractivity contribution in [2.45, 2.75) is 25.6 Å². The van der Waals surface area contributed by atoms with Crippen LogP contribution < -0.4 is 9.46 Å². The molecule has 0 radical (unpaired) electrons. The highest BCUT2D eigenvalue weighted by Crippen LogP contribution is 2.34. The van der Waals surface area contributed by atoms with Crippen molar-refractivity contribution in [3.8, 4) is 5.75 Å². The topological polar surface area (TPSA) is 98.5 Å². The number of benzene rings is 2. The number of nitrogens with one attached hydrogen (secondary N) is 1. The predicted molar refractivity (Wildman–Crippen MR) is 113 cm³/mol. The minimum absolute atomic E-state index is 0.120. The van der Waals surface area contributed by atoms with Gasteiger partial charge in [0.1, 0.15) is 18.0 Å². The predicted octanol–water partition coefficient (Wildman–Crippen LogP) is 3.77. The second-order valence-electron chi connectivity index (χ2n) is 6.64.